The first-order valence-electron chi connectivity index (χ1n) is 11.0. The number of nitrogens with zero attached hydrogens (tertiary/aromatic N) is 5. The van der Waals surface area contributed by atoms with Gasteiger partial charge in [-0.05, 0) is 43.9 Å². The summed E-state index contributed by atoms with van der Waals surface area (Å²) in [5, 5.41) is 24.9. The Labute approximate surface area is 194 Å². The molecular formula is C24H21N7O3. The molecule has 4 heterocycles. The van der Waals surface area contributed by atoms with Crippen LogP contribution in [0, 0.1) is 12.8 Å². The molecule has 1 aliphatic heterocycles. The molecule has 10 nitrogen and oxygen atoms in total. The van der Waals surface area contributed by atoms with Gasteiger partial charge in [0.2, 0.25) is 11.7 Å². The first kappa shape index (κ1) is 20.2. The number of benzene rings is 1. The molecule has 1 amide bonds. The second-order valence-electron chi connectivity index (χ2n) is 8.35. The van der Waals surface area contributed by atoms with Crippen molar-refractivity contribution in [3.8, 4) is 17.4 Å². The Morgan fingerprint density at radius 1 is 1.26 bits per heavy atom. The summed E-state index contributed by atoms with van der Waals surface area (Å²) in [6.45, 7) is 2.54. The van der Waals surface area contributed by atoms with Crippen molar-refractivity contribution in [2.75, 3.05) is 6.54 Å². The van der Waals surface area contributed by atoms with Crippen LogP contribution in [0.1, 0.15) is 18.6 Å². The van der Waals surface area contributed by atoms with Gasteiger partial charge in [0.25, 0.3) is 5.91 Å². The first-order valence-corrected chi connectivity index (χ1v) is 11.0. The molecular weight excluding hydrogens is 434 g/mol. The van der Waals surface area contributed by atoms with Crippen LogP contribution in [0.15, 0.2) is 70.7 Å². The Hall–Kier alpha value is -4.47. The number of ether oxygens (including phenoxy) is 1. The van der Waals surface area contributed by atoms with E-state index in [1.807, 2.05) is 31.2 Å². The van der Waals surface area contributed by atoms with Crippen molar-refractivity contribution >= 4 is 22.3 Å². The van der Waals surface area contributed by atoms with Crippen LogP contribution in [-0.2, 0) is 4.79 Å². The van der Waals surface area contributed by atoms with Gasteiger partial charge in [-0.2, -0.15) is 4.52 Å². The molecule has 10 heteroatoms. The minimum absolute atomic E-state index is 0.0861. The van der Waals surface area contributed by atoms with E-state index in [-0.39, 0.29) is 5.91 Å². The summed E-state index contributed by atoms with van der Waals surface area (Å²) < 4.78 is 12.8. The number of rotatable bonds is 6. The van der Waals surface area contributed by atoms with Crippen LogP contribution in [0.25, 0.3) is 27.9 Å². The fourth-order valence-electron chi connectivity index (χ4n) is 3.70. The lowest BCUT2D eigenvalue weighted by Gasteiger charge is -2.12. The quantitative estimate of drug-likeness (QED) is 0.426. The van der Waals surface area contributed by atoms with Gasteiger partial charge in [-0.25, -0.2) is 0 Å². The number of aromatic nitrogens is 5. The van der Waals surface area contributed by atoms with E-state index in [0.29, 0.717) is 46.0 Å². The van der Waals surface area contributed by atoms with E-state index >= 15 is 0 Å². The van der Waals surface area contributed by atoms with Crippen molar-refractivity contribution in [1.82, 2.24) is 35.6 Å². The van der Waals surface area contributed by atoms with Crippen LogP contribution in [0.5, 0.6) is 5.88 Å². The summed E-state index contributed by atoms with van der Waals surface area (Å²) in [6, 6.07) is 9.46. The number of nitrogens with one attached hydrogen (secondary N) is 2. The number of amides is 1. The topological polar surface area (TPSA) is 119 Å². The summed E-state index contributed by atoms with van der Waals surface area (Å²) in [4.78, 5) is 12.3. The lowest BCUT2D eigenvalue weighted by atomic mass is 10.2. The Morgan fingerprint density at radius 3 is 2.85 bits per heavy atom. The molecule has 1 aliphatic carbocycles. The van der Waals surface area contributed by atoms with Crippen molar-refractivity contribution in [2.24, 2.45) is 5.92 Å². The molecule has 34 heavy (non-hydrogen) atoms. The van der Waals surface area contributed by atoms with Crippen LogP contribution < -0.4 is 15.4 Å². The van der Waals surface area contributed by atoms with Crippen LogP contribution in [-0.4, -0.2) is 37.4 Å². The van der Waals surface area contributed by atoms with Crippen molar-refractivity contribution < 1.29 is 14.1 Å². The molecule has 3 aromatic heterocycles. The smallest absolute Gasteiger partial charge is 0.252 e. The molecule has 1 fully saturated rings. The van der Waals surface area contributed by atoms with E-state index in [0.717, 1.165) is 17.3 Å². The second kappa shape index (κ2) is 8.14. The Bertz CT molecular complexity index is 1510. The zero-order valence-corrected chi connectivity index (χ0v) is 18.4. The van der Waals surface area contributed by atoms with Gasteiger partial charge < -0.3 is 19.9 Å². The number of allylic oxidation sites excluding steroid dienone is 1. The molecule has 0 saturated heterocycles. The zero-order chi connectivity index (χ0) is 23.1. The molecule has 1 saturated carbocycles. The molecule has 0 unspecified atom stereocenters. The molecule has 0 atom stereocenters. The number of fused-ring (bicyclic) bond motifs is 3. The number of carbonyl (C=O) groups excluding carboxylic acids is 1. The lowest BCUT2D eigenvalue weighted by Crippen LogP contribution is -2.28. The highest BCUT2D eigenvalue weighted by molar-refractivity contribution is 5.97. The van der Waals surface area contributed by atoms with E-state index in [4.69, 9.17) is 9.26 Å². The molecule has 0 bridgehead atoms. The third-order valence-electron chi connectivity index (χ3n) is 5.73. The maximum atomic E-state index is 12.3. The van der Waals surface area contributed by atoms with Crippen molar-refractivity contribution in [2.45, 2.75) is 19.8 Å². The summed E-state index contributed by atoms with van der Waals surface area (Å²) in [5.74, 6) is 2.04. The van der Waals surface area contributed by atoms with E-state index in [9.17, 15) is 4.79 Å². The minimum atomic E-state index is -0.0861. The predicted molar refractivity (Wildman–Crippen MR) is 123 cm³/mol. The highest BCUT2D eigenvalue weighted by Crippen LogP contribution is 2.29. The molecule has 6 rings (SSSR count). The van der Waals surface area contributed by atoms with Gasteiger partial charge in [-0.15, -0.1) is 15.3 Å². The highest BCUT2D eigenvalue weighted by Gasteiger charge is 2.22. The number of carbonyl (C=O) groups is 1. The van der Waals surface area contributed by atoms with Gasteiger partial charge in [-0.3, -0.25) is 4.79 Å². The Balaban J connectivity index is 1.28. The SMILES string of the molecule is Cc1cc(-c2nnc3c4ccccc4c(OC=C4C=CC(C(=O)NCC5CC5)=CN4)nn23)no1. The third-order valence-corrected chi connectivity index (χ3v) is 5.73. The van der Waals surface area contributed by atoms with Gasteiger partial charge >= 0.3 is 0 Å². The fraction of sp³-hybridized carbons (Fsp3) is 0.208. The Kier molecular flexibility index (Phi) is 4.83. The van der Waals surface area contributed by atoms with Gasteiger partial charge in [0.15, 0.2) is 11.3 Å². The molecule has 1 aromatic carbocycles. The summed E-state index contributed by atoms with van der Waals surface area (Å²) in [5.41, 5.74) is 2.37. The summed E-state index contributed by atoms with van der Waals surface area (Å²) >= 11 is 0. The van der Waals surface area contributed by atoms with Crippen molar-refractivity contribution in [3.05, 3.63) is 72.0 Å². The normalized spacial score (nSPS) is 16.6. The van der Waals surface area contributed by atoms with Crippen molar-refractivity contribution in [3.63, 3.8) is 0 Å². The molecule has 2 aliphatic rings. The van der Waals surface area contributed by atoms with E-state index in [1.165, 1.54) is 12.8 Å². The molecule has 0 radical (unpaired) electrons. The summed E-state index contributed by atoms with van der Waals surface area (Å²) in [6.07, 6.45) is 9.15. The van der Waals surface area contributed by atoms with Gasteiger partial charge in [0.05, 0.1) is 11.3 Å². The van der Waals surface area contributed by atoms with Crippen LogP contribution >= 0.6 is 0 Å². The largest absolute Gasteiger partial charge is 0.443 e. The molecule has 0 spiro atoms. The number of hydrogen-bond acceptors (Lipinski definition) is 8. The van der Waals surface area contributed by atoms with Gasteiger partial charge in [0.1, 0.15) is 12.0 Å². The maximum absolute atomic E-state index is 12.3. The van der Waals surface area contributed by atoms with E-state index in [2.05, 4.69) is 31.1 Å². The van der Waals surface area contributed by atoms with Gasteiger partial charge in [-0.1, -0.05) is 23.4 Å². The number of dihydropyridines is 1. The second-order valence-corrected chi connectivity index (χ2v) is 8.35. The molecule has 4 aromatic rings. The standard InChI is InChI=1S/C24H21N7O3/c1-14-10-20(30-34-14)22-28-27-21-18-4-2-3-5-19(18)24(29-31(21)22)33-13-17-9-8-16(12-25-17)23(32)26-11-15-6-7-15/h2-5,8-10,12-13,15,25H,6-7,11H2,1H3,(H,26,32). The first-order chi connectivity index (χ1) is 16.7. The predicted octanol–water partition coefficient (Wildman–Crippen LogP) is 3.03. The number of aryl methyl sites for hydroxylation is 1. The monoisotopic (exact) mass is 455 g/mol. The zero-order valence-electron chi connectivity index (χ0n) is 18.4. The average Bonchev–Trinajstić information content (AvgIpc) is 3.45. The van der Waals surface area contributed by atoms with E-state index < -0.39 is 0 Å². The highest BCUT2D eigenvalue weighted by atomic mass is 16.5. The molecule has 170 valence electrons. The van der Waals surface area contributed by atoms with Crippen LogP contribution in [0.3, 0.4) is 0 Å². The molecule has 2 N–H and O–H groups in total. The van der Waals surface area contributed by atoms with E-state index in [1.54, 1.807) is 35.2 Å². The third kappa shape index (κ3) is 3.79. The summed E-state index contributed by atoms with van der Waals surface area (Å²) in [7, 11) is 0. The van der Waals surface area contributed by atoms with Crippen molar-refractivity contribution in [1.29, 1.82) is 0 Å². The number of hydrogen-bond donors (Lipinski definition) is 2. The van der Waals surface area contributed by atoms with Gasteiger partial charge in [0, 0.05) is 29.6 Å². The minimum Gasteiger partial charge on any atom is -0.443 e. The Morgan fingerprint density at radius 2 is 2.12 bits per heavy atom. The maximum Gasteiger partial charge on any atom is 0.252 e. The van der Waals surface area contributed by atoms with Crippen LogP contribution in [0.4, 0.5) is 0 Å². The average molecular weight is 455 g/mol. The lowest BCUT2D eigenvalue weighted by molar-refractivity contribution is -0.117. The van der Waals surface area contributed by atoms with Crippen LogP contribution in [0.2, 0.25) is 0 Å². The fourth-order valence-corrected chi connectivity index (χ4v) is 3.70.